The summed E-state index contributed by atoms with van der Waals surface area (Å²) in [4.78, 5) is 14.0. The minimum Gasteiger partial charge on any atom is -0.371 e. The molecule has 0 saturated carbocycles. The predicted molar refractivity (Wildman–Crippen MR) is 88.4 cm³/mol. The maximum absolute atomic E-state index is 11.5. The summed E-state index contributed by atoms with van der Waals surface area (Å²) >= 11 is 3.56. The fourth-order valence-corrected chi connectivity index (χ4v) is 3.93. The molecule has 21 heavy (non-hydrogen) atoms. The Morgan fingerprint density at radius 2 is 2.29 bits per heavy atom. The third kappa shape index (κ3) is 3.24. The molecular weight excluding hydrogens is 330 g/mol. The van der Waals surface area contributed by atoms with Crippen molar-refractivity contribution < 1.29 is 4.79 Å². The number of amides is 1. The van der Waals surface area contributed by atoms with Crippen LogP contribution in [0.15, 0.2) is 22.7 Å². The molecule has 0 aromatic heterocycles. The first-order valence-electron chi connectivity index (χ1n) is 7.64. The maximum Gasteiger partial charge on any atom is 0.220 e. The van der Waals surface area contributed by atoms with Crippen molar-refractivity contribution in [2.75, 3.05) is 25.0 Å². The number of fused-ring (bicyclic) bond motifs is 1. The van der Waals surface area contributed by atoms with Gasteiger partial charge in [-0.15, -0.1) is 0 Å². The van der Waals surface area contributed by atoms with E-state index < -0.39 is 0 Å². The van der Waals surface area contributed by atoms with Gasteiger partial charge in [0.1, 0.15) is 0 Å². The minimum absolute atomic E-state index is 0.226. The van der Waals surface area contributed by atoms with Crippen LogP contribution in [0, 0.1) is 5.92 Å². The van der Waals surface area contributed by atoms with Gasteiger partial charge < -0.3 is 15.5 Å². The van der Waals surface area contributed by atoms with Gasteiger partial charge in [0, 0.05) is 42.3 Å². The van der Waals surface area contributed by atoms with Gasteiger partial charge in [-0.25, -0.2) is 0 Å². The lowest BCUT2D eigenvalue weighted by molar-refractivity contribution is -0.124. The van der Waals surface area contributed by atoms with E-state index in [-0.39, 0.29) is 5.91 Å². The number of halogens is 1. The smallest absolute Gasteiger partial charge is 0.220 e. The van der Waals surface area contributed by atoms with Crippen LogP contribution < -0.4 is 15.5 Å². The fraction of sp³-hybridized carbons (Fsp3) is 0.562. The first-order valence-corrected chi connectivity index (χ1v) is 8.44. The SMILES string of the molecule is CNCc1cc(Br)ccc1N1CCC2NC(=O)CCC2C1. The van der Waals surface area contributed by atoms with E-state index in [1.807, 2.05) is 7.05 Å². The number of nitrogens with zero attached hydrogens (tertiary/aromatic N) is 1. The number of piperidine rings is 2. The fourth-order valence-electron chi connectivity index (χ4n) is 3.52. The van der Waals surface area contributed by atoms with E-state index in [4.69, 9.17) is 0 Å². The van der Waals surface area contributed by atoms with Crippen molar-refractivity contribution in [3.05, 3.63) is 28.2 Å². The van der Waals surface area contributed by atoms with Crippen LogP contribution in [0.5, 0.6) is 0 Å². The van der Waals surface area contributed by atoms with Crippen molar-refractivity contribution in [2.45, 2.75) is 31.8 Å². The molecule has 2 heterocycles. The standard InChI is InChI=1S/C16H22BrN3O/c1-18-9-12-8-13(17)3-4-15(12)20-7-6-14-11(10-20)2-5-16(21)19-14/h3-4,8,11,14,18H,2,5-7,9-10H2,1H3,(H,19,21). The second-order valence-electron chi connectivity index (χ2n) is 6.01. The molecule has 0 bridgehead atoms. The molecule has 1 aromatic rings. The first-order chi connectivity index (χ1) is 10.2. The summed E-state index contributed by atoms with van der Waals surface area (Å²) in [5.74, 6) is 0.812. The Balaban J connectivity index is 1.77. The predicted octanol–water partition coefficient (Wildman–Crippen LogP) is 2.27. The van der Waals surface area contributed by atoms with Crippen LogP contribution in [0.25, 0.3) is 0 Å². The zero-order valence-corrected chi connectivity index (χ0v) is 13.9. The lowest BCUT2D eigenvalue weighted by atomic mass is 9.85. The Bertz CT molecular complexity index is 534. The van der Waals surface area contributed by atoms with E-state index in [1.165, 1.54) is 11.3 Å². The van der Waals surface area contributed by atoms with Crippen molar-refractivity contribution >= 4 is 27.5 Å². The van der Waals surface area contributed by atoms with Gasteiger partial charge >= 0.3 is 0 Å². The molecule has 2 aliphatic rings. The highest BCUT2D eigenvalue weighted by Crippen LogP contribution is 2.31. The molecule has 1 amide bonds. The quantitative estimate of drug-likeness (QED) is 0.877. The van der Waals surface area contributed by atoms with Crippen molar-refractivity contribution in [1.29, 1.82) is 0 Å². The molecule has 3 rings (SSSR count). The van der Waals surface area contributed by atoms with Crippen LogP contribution in [0.1, 0.15) is 24.8 Å². The molecule has 0 aliphatic carbocycles. The van der Waals surface area contributed by atoms with Gasteiger partial charge in [0.25, 0.3) is 0 Å². The molecule has 0 spiro atoms. The van der Waals surface area contributed by atoms with Crippen molar-refractivity contribution in [3.63, 3.8) is 0 Å². The number of anilines is 1. The monoisotopic (exact) mass is 351 g/mol. The van der Waals surface area contributed by atoms with Crippen molar-refractivity contribution in [2.24, 2.45) is 5.92 Å². The highest BCUT2D eigenvalue weighted by molar-refractivity contribution is 9.10. The first kappa shape index (κ1) is 14.9. The van der Waals surface area contributed by atoms with Gasteiger partial charge in [0.2, 0.25) is 5.91 Å². The third-order valence-corrected chi connectivity index (χ3v) is 5.07. The zero-order chi connectivity index (χ0) is 14.8. The maximum atomic E-state index is 11.5. The van der Waals surface area contributed by atoms with E-state index in [1.54, 1.807) is 0 Å². The van der Waals surface area contributed by atoms with Crippen LogP contribution in [-0.4, -0.2) is 32.1 Å². The summed E-state index contributed by atoms with van der Waals surface area (Å²) in [7, 11) is 1.98. The normalized spacial score (nSPS) is 25.4. The third-order valence-electron chi connectivity index (χ3n) is 4.57. The highest BCUT2D eigenvalue weighted by Gasteiger charge is 2.34. The summed E-state index contributed by atoms with van der Waals surface area (Å²) < 4.78 is 1.12. The molecule has 2 unspecified atom stereocenters. The Labute approximate surface area is 134 Å². The molecule has 4 nitrogen and oxygen atoms in total. The summed E-state index contributed by atoms with van der Waals surface area (Å²) in [6, 6.07) is 6.90. The van der Waals surface area contributed by atoms with Gasteiger partial charge in [-0.1, -0.05) is 15.9 Å². The van der Waals surface area contributed by atoms with E-state index in [0.717, 1.165) is 36.9 Å². The Morgan fingerprint density at radius 3 is 3.10 bits per heavy atom. The number of rotatable bonds is 3. The van der Waals surface area contributed by atoms with Gasteiger partial charge in [0.15, 0.2) is 0 Å². The number of nitrogens with one attached hydrogen (secondary N) is 2. The molecule has 2 saturated heterocycles. The highest BCUT2D eigenvalue weighted by atomic mass is 79.9. The van der Waals surface area contributed by atoms with E-state index in [2.05, 4.69) is 49.7 Å². The molecule has 0 radical (unpaired) electrons. The van der Waals surface area contributed by atoms with Crippen LogP contribution in [0.3, 0.4) is 0 Å². The number of benzene rings is 1. The van der Waals surface area contributed by atoms with Crippen LogP contribution >= 0.6 is 15.9 Å². The summed E-state index contributed by atoms with van der Waals surface area (Å²) in [6.07, 6.45) is 2.75. The van der Waals surface area contributed by atoms with Crippen LogP contribution in [0.2, 0.25) is 0 Å². The Hall–Kier alpha value is -1.07. The summed E-state index contributed by atoms with van der Waals surface area (Å²) in [5, 5.41) is 6.40. The largest absolute Gasteiger partial charge is 0.371 e. The molecule has 1 aromatic carbocycles. The van der Waals surface area contributed by atoms with Gasteiger partial charge in [-0.3, -0.25) is 4.79 Å². The second-order valence-corrected chi connectivity index (χ2v) is 6.93. The Morgan fingerprint density at radius 1 is 1.43 bits per heavy atom. The van der Waals surface area contributed by atoms with Crippen LogP contribution in [-0.2, 0) is 11.3 Å². The lowest BCUT2D eigenvalue weighted by Gasteiger charge is -2.43. The molecule has 2 N–H and O–H groups in total. The minimum atomic E-state index is 0.226. The number of carbonyl (C=O) groups excluding carboxylic acids is 1. The Kier molecular flexibility index (Phi) is 4.50. The van der Waals surface area contributed by atoms with Gasteiger partial charge in [-0.2, -0.15) is 0 Å². The van der Waals surface area contributed by atoms with Crippen molar-refractivity contribution in [3.8, 4) is 0 Å². The van der Waals surface area contributed by atoms with Crippen LogP contribution in [0.4, 0.5) is 5.69 Å². The molecule has 2 atom stereocenters. The topological polar surface area (TPSA) is 44.4 Å². The summed E-state index contributed by atoms with van der Waals surface area (Å²) in [5.41, 5.74) is 2.65. The number of hydrogen-bond donors (Lipinski definition) is 2. The van der Waals surface area contributed by atoms with E-state index >= 15 is 0 Å². The van der Waals surface area contributed by atoms with Crippen molar-refractivity contribution in [1.82, 2.24) is 10.6 Å². The molecule has 2 aliphatic heterocycles. The molecule has 5 heteroatoms. The van der Waals surface area contributed by atoms with E-state index in [0.29, 0.717) is 18.4 Å². The average Bonchev–Trinajstić information content (AvgIpc) is 2.47. The van der Waals surface area contributed by atoms with E-state index in [9.17, 15) is 4.79 Å². The molecular formula is C16H22BrN3O. The van der Waals surface area contributed by atoms with Gasteiger partial charge in [0.05, 0.1) is 0 Å². The summed E-state index contributed by atoms with van der Waals surface area (Å²) in [6.45, 7) is 2.93. The molecule has 114 valence electrons. The number of hydrogen-bond acceptors (Lipinski definition) is 3. The number of carbonyl (C=O) groups is 1. The second kappa shape index (κ2) is 6.36. The lowest BCUT2D eigenvalue weighted by Crippen LogP contribution is -2.54. The zero-order valence-electron chi connectivity index (χ0n) is 12.4. The van der Waals surface area contributed by atoms with Gasteiger partial charge in [-0.05, 0) is 49.6 Å². The molecule has 2 fully saturated rings. The average molecular weight is 352 g/mol.